The molecule has 2 heterocycles. The van der Waals surface area contributed by atoms with E-state index in [1.165, 1.54) is 11.1 Å². The molecule has 0 saturated carbocycles. The highest BCUT2D eigenvalue weighted by Crippen LogP contribution is 2.37. The Morgan fingerprint density at radius 3 is 2.63 bits per heavy atom. The van der Waals surface area contributed by atoms with Gasteiger partial charge in [0.15, 0.2) is 5.96 Å². The molecule has 1 atom stereocenters. The van der Waals surface area contributed by atoms with Crippen LogP contribution in [0.4, 0.5) is 0 Å². The molecule has 0 amide bonds. The smallest absolute Gasteiger partial charge is 0.191 e. The van der Waals surface area contributed by atoms with Crippen molar-refractivity contribution in [2.45, 2.75) is 51.0 Å². The molecule has 6 heteroatoms. The monoisotopic (exact) mass is 487 g/mol. The summed E-state index contributed by atoms with van der Waals surface area (Å²) < 4.78 is 11.4. The highest BCUT2D eigenvalue weighted by Gasteiger charge is 2.35. The Morgan fingerprint density at radius 2 is 1.96 bits per heavy atom. The van der Waals surface area contributed by atoms with Crippen LogP contribution in [0.5, 0.6) is 0 Å². The molecular formula is C21H34IN3O2. The molecule has 0 aromatic heterocycles. The van der Waals surface area contributed by atoms with Crippen molar-refractivity contribution in [1.82, 2.24) is 10.6 Å². The lowest BCUT2D eigenvalue weighted by atomic mass is 9.72. The van der Waals surface area contributed by atoms with Crippen molar-refractivity contribution in [2.75, 3.05) is 39.5 Å². The Hall–Kier alpha value is -0.860. The van der Waals surface area contributed by atoms with Crippen molar-refractivity contribution < 1.29 is 9.47 Å². The van der Waals surface area contributed by atoms with E-state index in [0.717, 1.165) is 71.1 Å². The Balaban J connectivity index is 0.00000261. The quantitative estimate of drug-likeness (QED) is 0.367. The third kappa shape index (κ3) is 6.06. The van der Waals surface area contributed by atoms with Crippen LogP contribution >= 0.6 is 24.0 Å². The zero-order valence-electron chi connectivity index (χ0n) is 16.6. The van der Waals surface area contributed by atoms with Gasteiger partial charge < -0.3 is 20.1 Å². The van der Waals surface area contributed by atoms with Crippen LogP contribution < -0.4 is 10.6 Å². The molecule has 2 N–H and O–H groups in total. The second-order valence-electron chi connectivity index (χ2n) is 7.42. The van der Waals surface area contributed by atoms with Crippen molar-refractivity contribution in [3.8, 4) is 0 Å². The van der Waals surface area contributed by atoms with Gasteiger partial charge in [-0.25, -0.2) is 0 Å². The fraction of sp³-hybridized carbons (Fsp3) is 0.667. The summed E-state index contributed by atoms with van der Waals surface area (Å²) >= 11 is 0. The Morgan fingerprint density at radius 1 is 1.19 bits per heavy atom. The van der Waals surface area contributed by atoms with Gasteiger partial charge in [0.05, 0.1) is 12.6 Å². The maximum Gasteiger partial charge on any atom is 0.191 e. The zero-order valence-corrected chi connectivity index (χ0v) is 19.0. The molecule has 1 unspecified atom stereocenters. The van der Waals surface area contributed by atoms with E-state index in [2.05, 4.69) is 48.7 Å². The number of hydrogen-bond acceptors (Lipinski definition) is 3. The van der Waals surface area contributed by atoms with Crippen LogP contribution in [-0.4, -0.2) is 51.5 Å². The number of hydrogen-bond donors (Lipinski definition) is 2. The summed E-state index contributed by atoms with van der Waals surface area (Å²) in [7, 11) is 0. The summed E-state index contributed by atoms with van der Waals surface area (Å²) in [4.78, 5) is 4.97. The molecule has 1 aromatic carbocycles. The summed E-state index contributed by atoms with van der Waals surface area (Å²) in [6.45, 7) is 9.28. The van der Waals surface area contributed by atoms with Crippen LogP contribution in [0.1, 0.15) is 43.7 Å². The zero-order chi connectivity index (χ0) is 18.2. The standard InChI is InChI=1S/C21H33N3O2.HI/c1-3-22-20(23-15-18-8-6-12-26-18)24-16-21(10-13-25-14-11-21)19-9-5-4-7-17(19)2;/h4-5,7,9,18H,3,6,8,10-16H2,1-2H3,(H2,22,23,24);1H. The summed E-state index contributed by atoms with van der Waals surface area (Å²) in [5.74, 6) is 0.891. The molecular weight excluding hydrogens is 453 g/mol. The molecule has 2 fully saturated rings. The molecule has 3 rings (SSSR count). The minimum Gasteiger partial charge on any atom is -0.381 e. The molecule has 0 aliphatic carbocycles. The maximum absolute atomic E-state index is 5.72. The van der Waals surface area contributed by atoms with Gasteiger partial charge in [-0.1, -0.05) is 24.3 Å². The van der Waals surface area contributed by atoms with Gasteiger partial charge in [-0.3, -0.25) is 4.99 Å². The molecule has 2 aliphatic heterocycles. The molecule has 0 bridgehead atoms. The van der Waals surface area contributed by atoms with Crippen molar-refractivity contribution in [3.05, 3.63) is 35.4 Å². The van der Waals surface area contributed by atoms with E-state index < -0.39 is 0 Å². The van der Waals surface area contributed by atoms with Crippen molar-refractivity contribution in [2.24, 2.45) is 4.99 Å². The van der Waals surface area contributed by atoms with Crippen LogP contribution in [-0.2, 0) is 14.9 Å². The summed E-state index contributed by atoms with van der Waals surface area (Å²) in [6.07, 6.45) is 4.65. The van der Waals surface area contributed by atoms with Crippen LogP contribution in [0.25, 0.3) is 0 Å². The minimum atomic E-state index is 0. The fourth-order valence-electron chi connectivity index (χ4n) is 4.03. The van der Waals surface area contributed by atoms with Crippen LogP contribution in [0.3, 0.4) is 0 Å². The number of aliphatic imine (C=N–C) groups is 1. The van der Waals surface area contributed by atoms with Gasteiger partial charge in [0, 0.05) is 38.3 Å². The highest BCUT2D eigenvalue weighted by molar-refractivity contribution is 14.0. The average molecular weight is 487 g/mol. The maximum atomic E-state index is 5.72. The average Bonchev–Trinajstić information content (AvgIpc) is 3.19. The lowest BCUT2D eigenvalue weighted by Gasteiger charge is -2.37. The number of rotatable bonds is 6. The number of guanidine groups is 1. The third-order valence-corrected chi connectivity index (χ3v) is 5.57. The van der Waals surface area contributed by atoms with E-state index in [1.54, 1.807) is 0 Å². The molecule has 27 heavy (non-hydrogen) atoms. The van der Waals surface area contributed by atoms with E-state index in [4.69, 9.17) is 14.5 Å². The first-order valence-electron chi connectivity index (χ1n) is 10.0. The van der Waals surface area contributed by atoms with Crippen LogP contribution in [0, 0.1) is 6.92 Å². The van der Waals surface area contributed by atoms with E-state index in [1.807, 2.05) is 0 Å². The van der Waals surface area contributed by atoms with Gasteiger partial charge in [-0.05, 0) is 50.7 Å². The van der Waals surface area contributed by atoms with Crippen LogP contribution in [0.15, 0.2) is 29.3 Å². The van der Waals surface area contributed by atoms with E-state index in [9.17, 15) is 0 Å². The SMILES string of the molecule is CCNC(=NCC1(c2ccccc2C)CCOCC1)NCC1CCCO1.I. The molecule has 1 aromatic rings. The number of aryl methyl sites for hydroxylation is 1. The van der Waals surface area contributed by atoms with Crippen molar-refractivity contribution in [1.29, 1.82) is 0 Å². The number of halogens is 1. The first-order chi connectivity index (χ1) is 12.7. The summed E-state index contributed by atoms with van der Waals surface area (Å²) in [6, 6.07) is 8.73. The number of nitrogens with zero attached hydrogens (tertiary/aromatic N) is 1. The number of ether oxygens (including phenoxy) is 2. The van der Waals surface area contributed by atoms with E-state index in [0.29, 0.717) is 6.10 Å². The molecule has 5 nitrogen and oxygen atoms in total. The molecule has 0 radical (unpaired) electrons. The second kappa shape index (κ2) is 11.2. The first kappa shape index (κ1) is 22.4. The predicted octanol–water partition coefficient (Wildman–Crippen LogP) is 3.40. The normalized spacial score (nSPS) is 22.1. The largest absolute Gasteiger partial charge is 0.381 e. The first-order valence-corrected chi connectivity index (χ1v) is 10.0. The molecule has 2 aliphatic rings. The van der Waals surface area contributed by atoms with E-state index >= 15 is 0 Å². The Labute approximate surface area is 180 Å². The predicted molar refractivity (Wildman–Crippen MR) is 121 cm³/mol. The molecule has 2 saturated heterocycles. The second-order valence-corrected chi connectivity index (χ2v) is 7.42. The number of benzene rings is 1. The topological polar surface area (TPSA) is 54.9 Å². The number of nitrogens with one attached hydrogen (secondary N) is 2. The van der Waals surface area contributed by atoms with Gasteiger partial charge in [0.1, 0.15) is 0 Å². The summed E-state index contributed by atoms with van der Waals surface area (Å²) in [5.41, 5.74) is 2.83. The minimum absolute atomic E-state index is 0. The third-order valence-electron chi connectivity index (χ3n) is 5.57. The van der Waals surface area contributed by atoms with Gasteiger partial charge in [0.25, 0.3) is 0 Å². The van der Waals surface area contributed by atoms with E-state index in [-0.39, 0.29) is 29.4 Å². The van der Waals surface area contributed by atoms with Gasteiger partial charge in [0.2, 0.25) is 0 Å². The van der Waals surface area contributed by atoms with Gasteiger partial charge >= 0.3 is 0 Å². The van der Waals surface area contributed by atoms with Crippen LogP contribution in [0.2, 0.25) is 0 Å². The lowest BCUT2D eigenvalue weighted by Crippen LogP contribution is -2.43. The Bertz CT molecular complexity index is 597. The Kier molecular flexibility index (Phi) is 9.32. The summed E-state index contributed by atoms with van der Waals surface area (Å²) in [5, 5.41) is 6.85. The van der Waals surface area contributed by atoms with Gasteiger partial charge in [-0.2, -0.15) is 0 Å². The lowest BCUT2D eigenvalue weighted by molar-refractivity contribution is 0.0529. The molecule has 0 spiro atoms. The highest BCUT2D eigenvalue weighted by atomic mass is 127. The van der Waals surface area contributed by atoms with Crippen molar-refractivity contribution in [3.63, 3.8) is 0 Å². The van der Waals surface area contributed by atoms with Gasteiger partial charge in [-0.15, -0.1) is 24.0 Å². The fourth-order valence-corrected chi connectivity index (χ4v) is 4.03. The molecule has 152 valence electrons. The van der Waals surface area contributed by atoms with Crippen molar-refractivity contribution >= 4 is 29.9 Å².